The minimum atomic E-state index is -0.654. The van der Waals surface area contributed by atoms with E-state index in [2.05, 4.69) is 0 Å². The monoisotopic (exact) mass is 326 g/mol. The second-order valence-corrected chi connectivity index (χ2v) is 5.79. The third-order valence-electron chi connectivity index (χ3n) is 3.33. The van der Waals surface area contributed by atoms with Crippen molar-refractivity contribution in [3.8, 4) is 5.75 Å². The van der Waals surface area contributed by atoms with Gasteiger partial charge in [0.05, 0.1) is 17.8 Å². The molecular weight excluding hydrogens is 308 g/mol. The fraction of sp³-hybridized carbons (Fsp3) is 0.467. The first-order valence-corrected chi connectivity index (χ1v) is 7.40. The Labute approximate surface area is 134 Å². The van der Waals surface area contributed by atoms with Crippen LogP contribution in [0.25, 0.3) is 0 Å². The molecule has 6 nitrogen and oxygen atoms in total. The van der Waals surface area contributed by atoms with E-state index in [4.69, 9.17) is 26.8 Å². The summed E-state index contributed by atoms with van der Waals surface area (Å²) in [7, 11) is 0. The van der Waals surface area contributed by atoms with Crippen LogP contribution in [0.3, 0.4) is 0 Å². The number of primary amides is 1. The number of carbonyl (C=O) groups is 2. The van der Waals surface area contributed by atoms with E-state index in [0.717, 1.165) is 0 Å². The van der Waals surface area contributed by atoms with Crippen molar-refractivity contribution < 1.29 is 19.1 Å². The Balaban J connectivity index is 2.01. The highest BCUT2D eigenvalue weighted by molar-refractivity contribution is 6.31. The standard InChI is InChI=1S/C15H19ClN2O4/c1-9-6-18(7-10(2)22-9)14(19)8-21-13-4-3-11(16)5-12(13)15(17)20/h3-5,9-10H,6-8H2,1-2H3,(H2,17,20). The average molecular weight is 327 g/mol. The predicted molar refractivity (Wildman–Crippen MR) is 82.1 cm³/mol. The Morgan fingerprint density at radius 3 is 2.59 bits per heavy atom. The summed E-state index contributed by atoms with van der Waals surface area (Å²) in [6, 6.07) is 4.52. The number of ether oxygens (including phenoxy) is 2. The number of halogens is 1. The van der Waals surface area contributed by atoms with E-state index in [1.54, 1.807) is 11.0 Å². The Kier molecular flexibility index (Phi) is 5.26. The lowest BCUT2D eigenvalue weighted by atomic mass is 10.2. The van der Waals surface area contributed by atoms with Crippen molar-refractivity contribution in [3.05, 3.63) is 28.8 Å². The lowest BCUT2D eigenvalue weighted by Crippen LogP contribution is -2.49. The van der Waals surface area contributed by atoms with Gasteiger partial charge in [-0.3, -0.25) is 9.59 Å². The van der Waals surface area contributed by atoms with Crippen molar-refractivity contribution in [1.82, 2.24) is 4.90 Å². The summed E-state index contributed by atoms with van der Waals surface area (Å²) in [5.74, 6) is -0.564. The molecule has 1 aromatic carbocycles. The molecule has 0 aliphatic carbocycles. The van der Waals surface area contributed by atoms with Gasteiger partial charge >= 0.3 is 0 Å². The molecule has 1 aliphatic rings. The third-order valence-corrected chi connectivity index (χ3v) is 3.57. The minimum absolute atomic E-state index is 0.00980. The van der Waals surface area contributed by atoms with Gasteiger partial charge in [0.2, 0.25) is 0 Å². The first-order chi connectivity index (χ1) is 10.4. The number of rotatable bonds is 4. The quantitative estimate of drug-likeness (QED) is 0.908. The number of benzene rings is 1. The maximum absolute atomic E-state index is 12.2. The fourth-order valence-electron chi connectivity index (χ4n) is 2.43. The first-order valence-electron chi connectivity index (χ1n) is 7.02. The van der Waals surface area contributed by atoms with Gasteiger partial charge in [0, 0.05) is 18.1 Å². The van der Waals surface area contributed by atoms with Gasteiger partial charge in [0.15, 0.2) is 6.61 Å². The Morgan fingerprint density at radius 2 is 2.00 bits per heavy atom. The summed E-state index contributed by atoms with van der Waals surface area (Å²) in [4.78, 5) is 25.3. The summed E-state index contributed by atoms with van der Waals surface area (Å²) < 4.78 is 11.0. The number of hydrogen-bond acceptors (Lipinski definition) is 4. The van der Waals surface area contributed by atoms with Crippen molar-refractivity contribution in [3.63, 3.8) is 0 Å². The smallest absolute Gasteiger partial charge is 0.260 e. The van der Waals surface area contributed by atoms with Gasteiger partial charge in [-0.15, -0.1) is 0 Å². The molecule has 0 aromatic heterocycles. The van der Waals surface area contributed by atoms with Crippen LogP contribution in [-0.2, 0) is 9.53 Å². The van der Waals surface area contributed by atoms with Crippen LogP contribution in [0.2, 0.25) is 5.02 Å². The van der Waals surface area contributed by atoms with Gasteiger partial charge in [0.25, 0.3) is 11.8 Å². The Hall–Kier alpha value is -1.79. The van der Waals surface area contributed by atoms with Gasteiger partial charge in [0.1, 0.15) is 5.75 Å². The van der Waals surface area contributed by atoms with Crippen LogP contribution in [-0.4, -0.2) is 48.6 Å². The molecule has 1 aliphatic heterocycles. The summed E-state index contributed by atoms with van der Waals surface area (Å²) >= 11 is 5.83. The second-order valence-electron chi connectivity index (χ2n) is 5.35. The summed E-state index contributed by atoms with van der Waals surface area (Å²) in [6.07, 6.45) is -0.0196. The molecule has 1 heterocycles. The van der Waals surface area contributed by atoms with Gasteiger partial charge < -0.3 is 20.1 Å². The zero-order valence-electron chi connectivity index (χ0n) is 12.5. The number of amides is 2. The van der Waals surface area contributed by atoms with E-state index in [9.17, 15) is 9.59 Å². The molecule has 2 rings (SSSR count). The topological polar surface area (TPSA) is 81.9 Å². The molecule has 2 unspecified atom stereocenters. The second kappa shape index (κ2) is 6.98. The van der Waals surface area contributed by atoms with Crippen molar-refractivity contribution in [2.45, 2.75) is 26.1 Å². The molecule has 2 amide bonds. The summed E-state index contributed by atoms with van der Waals surface area (Å²) in [6.45, 7) is 4.72. The molecule has 2 N–H and O–H groups in total. The lowest BCUT2D eigenvalue weighted by molar-refractivity contribution is -0.145. The molecule has 0 saturated carbocycles. The van der Waals surface area contributed by atoms with Crippen molar-refractivity contribution in [1.29, 1.82) is 0 Å². The van der Waals surface area contributed by atoms with Crippen LogP contribution in [0, 0.1) is 0 Å². The number of nitrogens with zero attached hydrogens (tertiary/aromatic N) is 1. The van der Waals surface area contributed by atoms with E-state index in [0.29, 0.717) is 18.1 Å². The van der Waals surface area contributed by atoms with Gasteiger partial charge in [-0.2, -0.15) is 0 Å². The van der Waals surface area contributed by atoms with Crippen LogP contribution < -0.4 is 10.5 Å². The van der Waals surface area contributed by atoms with Crippen LogP contribution in [0.15, 0.2) is 18.2 Å². The highest BCUT2D eigenvalue weighted by atomic mass is 35.5. The molecule has 1 saturated heterocycles. The number of nitrogens with two attached hydrogens (primary N) is 1. The van der Waals surface area contributed by atoms with E-state index in [1.165, 1.54) is 12.1 Å². The highest BCUT2D eigenvalue weighted by Gasteiger charge is 2.26. The lowest BCUT2D eigenvalue weighted by Gasteiger charge is -2.35. The minimum Gasteiger partial charge on any atom is -0.483 e. The normalized spacial score (nSPS) is 21.5. The molecule has 1 fully saturated rings. The molecule has 0 bridgehead atoms. The van der Waals surface area contributed by atoms with Crippen LogP contribution >= 0.6 is 11.6 Å². The van der Waals surface area contributed by atoms with Gasteiger partial charge in [-0.1, -0.05) is 11.6 Å². The number of hydrogen-bond donors (Lipinski definition) is 1. The maximum Gasteiger partial charge on any atom is 0.260 e. The van der Waals surface area contributed by atoms with Gasteiger partial charge in [-0.25, -0.2) is 0 Å². The first kappa shape index (κ1) is 16.6. The Morgan fingerprint density at radius 1 is 1.36 bits per heavy atom. The number of morpholine rings is 1. The van der Waals surface area contributed by atoms with E-state index in [1.807, 2.05) is 13.8 Å². The highest BCUT2D eigenvalue weighted by Crippen LogP contribution is 2.22. The Bertz CT molecular complexity index is 569. The molecule has 120 valence electrons. The van der Waals surface area contributed by atoms with Crippen LogP contribution in [0.5, 0.6) is 5.75 Å². The largest absolute Gasteiger partial charge is 0.483 e. The molecule has 1 aromatic rings. The fourth-order valence-corrected chi connectivity index (χ4v) is 2.61. The zero-order chi connectivity index (χ0) is 16.3. The molecular formula is C15H19ClN2O4. The summed E-state index contributed by atoms with van der Waals surface area (Å²) in [5, 5.41) is 0.378. The van der Waals surface area contributed by atoms with Crippen molar-refractivity contribution in [2.75, 3.05) is 19.7 Å². The molecule has 0 radical (unpaired) electrons. The molecule has 0 spiro atoms. The maximum atomic E-state index is 12.2. The van der Waals surface area contributed by atoms with Crippen LogP contribution in [0.1, 0.15) is 24.2 Å². The zero-order valence-corrected chi connectivity index (χ0v) is 13.3. The van der Waals surface area contributed by atoms with Gasteiger partial charge in [-0.05, 0) is 32.0 Å². The SMILES string of the molecule is CC1CN(C(=O)COc2ccc(Cl)cc2C(N)=O)CC(C)O1. The average Bonchev–Trinajstić information content (AvgIpc) is 2.44. The van der Waals surface area contributed by atoms with Crippen molar-refractivity contribution in [2.24, 2.45) is 5.73 Å². The summed E-state index contributed by atoms with van der Waals surface area (Å²) in [5.41, 5.74) is 5.44. The van der Waals surface area contributed by atoms with E-state index in [-0.39, 0.29) is 36.0 Å². The molecule has 22 heavy (non-hydrogen) atoms. The van der Waals surface area contributed by atoms with Crippen molar-refractivity contribution >= 4 is 23.4 Å². The van der Waals surface area contributed by atoms with E-state index < -0.39 is 5.91 Å². The van der Waals surface area contributed by atoms with E-state index >= 15 is 0 Å². The number of carbonyl (C=O) groups excluding carboxylic acids is 2. The predicted octanol–water partition coefficient (Wildman–Crippen LogP) is 1.45. The third kappa shape index (κ3) is 4.11. The van der Waals surface area contributed by atoms with Crippen LogP contribution in [0.4, 0.5) is 0 Å². The molecule has 7 heteroatoms. The molecule has 2 atom stereocenters.